The molecule has 0 heterocycles. The van der Waals surface area contributed by atoms with Crippen LogP contribution >= 0.6 is 0 Å². The number of amides is 1. The van der Waals surface area contributed by atoms with Crippen molar-refractivity contribution in [3.8, 4) is 0 Å². The molecule has 6 heteroatoms. The highest BCUT2D eigenvalue weighted by molar-refractivity contribution is 5.95. The van der Waals surface area contributed by atoms with Gasteiger partial charge < -0.3 is 5.32 Å². The van der Waals surface area contributed by atoms with Gasteiger partial charge in [0.25, 0.3) is 5.91 Å². The van der Waals surface area contributed by atoms with Gasteiger partial charge in [0.1, 0.15) is 5.82 Å². The van der Waals surface area contributed by atoms with Crippen molar-refractivity contribution < 1.29 is 22.4 Å². The van der Waals surface area contributed by atoms with E-state index >= 15 is 0 Å². The number of carbonyl (C=O) groups excluding carboxylic acids is 1. The van der Waals surface area contributed by atoms with Crippen LogP contribution in [0.3, 0.4) is 0 Å². The molecule has 0 saturated heterocycles. The van der Waals surface area contributed by atoms with E-state index in [9.17, 15) is 22.4 Å². The van der Waals surface area contributed by atoms with Crippen molar-refractivity contribution >= 4 is 5.91 Å². The van der Waals surface area contributed by atoms with Crippen LogP contribution in [0.25, 0.3) is 0 Å². The van der Waals surface area contributed by atoms with E-state index in [-0.39, 0.29) is 12.8 Å². The van der Waals surface area contributed by atoms with Crippen LogP contribution < -0.4 is 5.32 Å². The molecule has 0 aromatic heterocycles. The van der Waals surface area contributed by atoms with Gasteiger partial charge in [0.05, 0.1) is 5.92 Å². The number of hydrogen-bond donors (Lipinski definition) is 1. The Labute approximate surface area is 120 Å². The van der Waals surface area contributed by atoms with Gasteiger partial charge in [0.2, 0.25) is 0 Å². The van der Waals surface area contributed by atoms with Gasteiger partial charge in [-0.25, -0.2) is 4.39 Å². The summed E-state index contributed by atoms with van der Waals surface area (Å²) < 4.78 is 51.2. The Bertz CT molecular complexity index is 527. The molecule has 1 aliphatic carbocycles. The molecule has 2 unspecified atom stereocenters. The summed E-state index contributed by atoms with van der Waals surface area (Å²) in [4.78, 5) is 12.1. The Morgan fingerprint density at radius 1 is 1.29 bits per heavy atom. The van der Waals surface area contributed by atoms with Crippen LogP contribution in [-0.4, -0.2) is 18.1 Å². The first-order chi connectivity index (χ1) is 9.77. The molecule has 2 nitrogen and oxygen atoms in total. The Morgan fingerprint density at radius 2 is 2.00 bits per heavy atom. The lowest BCUT2D eigenvalue weighted by molar-refractivity contribution is -0.183. The highest BCUT2D eigenvalue weighted by atomic mass is 19.4. The van der Waals surface area contributed by atoms with E-state index in [0.717, 1.165) is 0 Å². The molecule has 0 bridgehead atoms. The SMILES string of the molecule is Cc1cc(F)ccc1C(=O)NC1CCCC(C(F)(F)F)C1. The second-order valence-corrected chi connectivity index (χ2v) is 5.53. The lowest BCUT2D eigenvalue weighted by Crippen LogP contribution is -2.41. The normalized spacial score (nSPS) is 22.9. The maximum absolute atomic E-state index is 13.0. The summed E-state index contributed by atoms with van der Waals surface area (Å²) in [6.45, 7) is 1.59. The Kier molecular flexibility index (Phi) is 4.54. The molecule has 2 rings (SSSR count). The van der Waals surface area contributed by atoms with Crippen LogP contribution in [0.1, 0.15) is 41.6 Å². The number of aryl methyl sites for hydroxylation is 1. The minimum Gasteiger partial charge on any atom is -0.349 e. The molecule has 1 N–H and O–H groups in total. The zero-order valence-corrected chi connectivity index (χ0v) is 11.6. The van der Waals surface area contributed by atoms with Crippen LogP contribution in [0.15, 0.2) is 18.2 Å². The standard InChI is InChI=1S/C15H17F4NO/c1-9-7-11(16)5-6-13(9)14(21)20-12-4-2-3-10(8-12)15(17,18)19/h5-7,10,12H,2-4,8H2,1H3,(H,20,21). The van der Waals surface area contributed by atoms with Crippen molar-refractivity contribution in [1.29, 1.82) is 0 Å². The van der Waals surface area contributed by atoms with E-state index in [1.54, 1.807) is 6.92 Å². The lowest BCUT2D eigenvalue weighted by atomic mass is 9.85. The van der Waals surface area contributed by atoms with Crippen LogP contribution in [0.2, 0.25) is 0 Å². The van der Waals surface area contributed by atoms with Crippen LogP contribution in [0.5, 0.6) is 0 Å². The van der Waals surface area contributed by atoms with Crippen LogP contribution in [0, 0.1) is 18.7 Å². The molecule has 1 aromatic carbocycles. The highest BCUT2D eigenvalue weighted by Crippen LogP contribution is 2.37. The van der Waals surface area contributed by atoms with Crippen LogP contribution in [-0.2, 0) is 0 Å². The first-order valence-corrected chi connectivity index (χ1v) is 6.91. The van der Waals surface area contributed by atoms with Gasteiger partial charge in [0, 0.05) is 11.6 Å². The van der Waals surface area contributed by atoms with E-state index < -0.39 is 29.9 Å². The van der Waals surface area contributed by atoms with Crippen molar-refractivity contribution in [1.82, 2.24) is 5.32 Å². The first-order valence-electron chi connectivity index (χ1n) is 6.91. The number of hydrogen-bond acceptors (Lipinski definition) is 1. The van der Waals surface area contributed by atoms with Crippen molar-refractivity contribution in [3.63, 3.8) is 0 Å². The molecule has 116 valence electrons. The molecule has 1 saturated carbocycles. The maximum Gasteiger partial charge on any atom is 0.391 e. The number of nitrogens with one attached hydrogen (secondary N) is 1. The van der Waals surface area contributed by atoms with Gasteiger partial charge in [-0.15, -0.1) is 0 Å². The molecule has 21 heavy (non-hydrogen) atoms. The zero-order valence-electron chi connectivity index (χ0n) is 11.6. The number of carbonyl (C=O) groups is 1. The van der Waals surface area contributed by atoms with E-state index in [1.807, 2.05) is 0 Å². The number of halogens is 4. The molecule has 1 aromatic rings. The summed E-state index contributed by atoms with van der Waals surface area (Å²) in [5.74, 6) is -2.25. The third kappa shape index (κ3) is 3.95. The third-order valence-corrected chi connectivity index (χ3v) is 3.91. The third-order valence-electron chi connectivity index (χ3n) is 3.91. The monoisotopic (exact) mass is 303 g/mol. The fraction of sp³-hybridized carbons (Fsp3) is 0.533. The second-order valence-electron chi connectivity index (χ2n) is 5.53. The molecule has 0 spiro atoms. The highest BCUT2D eigenvalue weighted by Gasteiger charge is 2.42. The number of alkyl halides is 3. The van der Waals surface area contributed by atoms with Gasteiger partial charge >= 0.3 is 6.18 Å². The molecule has 1 aliphatic rings. The van der Waals surface area contributed by atoms with E-state index in [4.69, 9.17) is 0 Å². The average molecular weight is 303 g/mol. The zero-order chi connectivity index (χ0) is 15.6. The topological polar surface area (TPSA) is 29.1 Å². The van der Waals surface area contributed by atoms with Gasteiger partial charge in [-0.05, 0) is 49.9 Å². The van der Waals surface area contributed by atoms with E-state index in [1.165, 1.54) is 18.2 Å². The predicted molar refractivity (Wildman–Crippen MR) is 70.4 cm³/mol. The van der Waals surface area contributed by atoms with Gasteiger partial charge in [-0.1, -0.05) is 6.42 Å². The fourth-order valence-electron chi connectivity index (χ4n) is 2.76. The molecule has 0 radical (unpaired) electrons. The Balaban J connectivity index is 2.02. The van der Waals surface area contributed by atoms with Gasteiger partial charge in [0.15, 0.2) is 0 Å². The number of benzene rings is 1. The molecule has 0 aliphatic heterocycles. The summed E-state index contributed by atoms with van der Waals surface area (Å²) in [6, 6.07) is 3.27. The summed E-state index contributed by atoms with van der Waals surface area (Å²) in [5, 5.41) is 2.64. The van der Waals surface area contributed by atoms with E-state index in [0.29, 0.717) is 24.0 Å². The second kappa shape index (κ2) is 6.03. The minimum atomic E-state index is -4.21. The fourth-order valence-corrected chi connectivity index (χ4v) is 2.76. The van der Waals surface area contributed by atoms with Crippen LogP contribution in [0.4, 0.5) is 17.6 Å². The molecule has 2 atom stereocenters. The smallest absolute Gasteiger partial charge is 0.349 e. The Morgan fingerprint density at radius 3 is 2.62 bits per heavy atom. The van der Waals surface area contributed by atoms with E-state index in [2.05, 4.69) is 5.32 Å². The molecule has 1 amide bonds. The quantitative estimate of drug-likeness (QED) is 0.823. The van der Waals surface area contributed by atoms with Gasteiger partial charge in [-0.3, -0.25) is 4.79 Å². The maximum atomic E-state index is 13.0. The van der Waals surface area contributed by atoms with Crippen molar-refractivity contribution in [2.75, 3.05) is 0 Å². The number of rotatable bonds is 2. The average Bonchev–Trinajstić information content (AvgIpc) is 2.37. The summed E-state index contributed by atoms with van der Waals surface area (Å²) in [5.41, 5.74) is 0.765. The summed E-state index contributed by atoms with van der Waals surface area (Å²) >= 11 is 0. The van der Waals surface area contributed by atoms with Crippen molar-refractivity contribution in [2.45, 2.75) is 44.8 Å². The lowest BCUT2D eigenvalue weighted by Gasteiger charge is -2.31. The first kappa shape index (κ1) is 15.8. The summed E-state index contributed by atoms with van der Waals surface area (Å²) in [7, 11) is 0. The predicted octanol–water partition coefficient (Wildman–Crippen LogP) is 3.99. The summed E-state index contributed by atoms with van der Waals surface area (Å²) in [6.07, 6.45) is -3.20. The van der Waals surface area contributed by atoms with Crippen molar-refractivity contribution in [3.05, 3.63) is 35.1 Å². The van der Waals surface area contributed by atoms with Gasteiger partial charge in [-0.2, -0.15) is 13.2 Å². The molecular weight excluding hydrogens is 286 g/mol. The largest absolute Gasteiger partial charge is 0.391 e. The molecular formula is C15H17F4NO. The molecule has 1 fully saturated rings. The Hall–Kier alpha value is -1.59. The minimum absolute atomic E-state index is 0.0878. The van der Waals surface area contributed by atoms with Crippen molar-refractivity contribution in [2.24, 2.45) is 5.92 Å².